The average Bonchev–Trinajstić information content (AvgIpc) is 3.26. The van der Waals surface area contributed by atoms with Gasteiger partial charge in [-0.3, -0.25) is 14.9 Å². The summed E-state index contributed by atoms with van der Waals surface area (Å²) in [6, 6.07) is 9.02. The van der Waals surface area contributed by atoms with Gasteiger partial charge in [0.25, 0.3) is 11.8 Å². The van der Waals surface area contributed by atoms with Gasteiger partial charge in [0.2, 0.25) is 0 Å². The molecule has 158 valence electrons. The number of piperidine rings is 1. The van der Waals surface area contributed by atoms with E-state index in [4.69, 9.17) is 0 Å². The molecule has 1 N–H and O–H groups in total. The molecule has 1 aliphatic rings. The highest BCUT2D eigenvalue weighted by molar-refractivity contribution is 7.22. The maximum absolute atomic E-state index is 13.3. The van der Waals surface area contributed by atoms with E-state index in [9.17, 15) is 9.59 Å². The number of aromatic nitrogens is 3. The topological polar surface area (TPSA) is 80.1 Å². The van der Waals surface area contributed by atoms with Gasteiger partial charge in [0.15, 0.2) is 16.5 Å². The Hall–Kier alpha value is -2.74. The molecule has 30 heavy (non-hydrogen) atoms. The number of carbonyl (C=O) groups excluding carboxylic acids is 2. The quantitative estimate of drug-likeness (QED) is 0.676. The van der Waals surface area contributed by atoms with Crippen LogP contribution in [0.5, 0.6) is 0 Å². The molecule has 0 spiro atoms. The number of amides is 2. The average molecular weight is 426 g/mol. The van der Waals surface area contributed by atoms with Crippen LogP contribution in [0.3, 0.4) is 0 Å². The van der Waals surface area contributed by atoms with Gasteiger partial charge in [-0.05, 0) is 51.7 Å². The monoisotopic (exact) mass is 425 g/mol. The molecule has 1 unspecified atom stereocenters. The van der Waals surface area contributed by atoms with Crippen molar-refractivity contribution < 1.29 is 9.59 Å². The van der Waals surface area contributed by atoms with Crippen LogP contribution in [0.4, 0.5) is 5.13 Å². The zero-order chi connectivity index (χ0) is 21.5. The smallest absolute Gasteiger partial charge is 0.275 e. The fourth-order valence-electron chi connectivity index (χ4n) is 3.75. The number of thiazole rings is 1. The van der Waals surface area contributed by atoms with E-state index >= 15 is 0 Å². The number of hydrogen-bond acceptors (Lipinski definition) is 5. The largest absolute Gasteiger partial charge is 0.337 e. The molecule has 1 saturated heterocycles. The van der Waals surface area contributed by atoms with Crippen molar-refractivity contribution in [2.45, 2.75) is 46.1 Å². The number of nitrogens with zero attached hydrogens (tertiary/aromatic N) is 4. The number of anilines is 1. The minimum absolute atomic E-state index is 0.0564. The summed E-state index contributed by atoms with van der Waals surface area (Å²) in [7, 11) is 0. The Balaban J connectivity index is 1.70. The Morgan fingerprint density at radius 2 is 1.93 bits per heavy atom. The van der Waals surface area contributed by atoms with Crippen LogP contribution < -0.4 is 5.32 Å². The van der Waals surface area contributed by atoms with Crippen molar-refractivity contribution in [1.29, 1.82) is 0 Å². The van der Waals surface area contributed by atoms with E-state index < -0.39 is 0 Å². The molecule has 3 heterocycles. The van der Waals surface area contributed by atoms with Crippen molar-refractivity contribution in [3.8, 4) is 0 Å². The van der Waals surface area contributed by atoms with Crippen LogP contribution in [-0.4, -0.2) is 44.6 Å². The first-order valence-electron chi connectivity index (χ1n) is 10.3. The molecular formula is C22H27N5O2S. The first kappa shape index (κ1) is 20.5. The lowest BCUT2D eigenvalue weighted by Gasteiger charge is -2.30. The summed E-state index contributed by atoms with van der Waals surface area (Å²) in [6.07, 6.45) is 2.16. The second kappa shape index (κ2) is 7.83. The van der Waals surface area contributed by atoms with Crippen LogP contribution in [0.1, 0.15) is 61.4 Å². The first-order chi connectivity index (χ1) is 14.2. The second-order valence-electron chi connectivity index (χ2n) is 8.92. The van der Waals surface area contributed by atoms with Crippen molar-refractivity contribution >= 4 is 38.6 Å². The third-order valence-electron chi connectivity index (χ3n) is 5.26. The SMILES string of the molecule is CC1CCCN(C(=O)c2nn(C(C)(C)C)c3nc(NC(=O)c4ccccc4)sc23)C1. The second-order valence-corrected chi connectivity index (χ2v) is 9.92. The van der Waals surface area contributed by atoms with Crippen molar-refractivity contribution in [3.05, 3.63) is 41.6 Å². The van der Waals surface area contributed by atoms with Gasteiger partial charge in [0, 0.05) is 18.7 Å². The lowest BCUT2D eigenvalue weighted by molar-refractivity contribution is 0.0677. The number of nitrogens with one attached hydrogen (secondary N) is 1. The molecule has 0 bridgehead atoms. The number of hydrogen-bond donors (Lipinski definition) is 1. The maximum Gasteiger partial charge on any atom is 0.275 e. The zero-order valence-electron chi connectivity index (χ0n) is 17.8. The van der Waals surface area contributed by atoms with Gasteiger partial charge in [-0.2, -0.15) is 10.1 Å². The van der Waals surface area contributed by atoms with Gasteiger partial charge in [0.05, 0.1) is 5.54 Å². The third-order valence-corrected chi connectivity index (χ3v) is 6.23. The van der Waals surface area contributed by atoms with E-state index in [1.54, 1.807) is 16.8 Å². The van der Waals surface area contributed by atoms with E-state index in [0.717, 1.165) is 30.6 Å². The number of fused-ring (bicyclic) bond motifs is 1. The van der Waals surface area contributed by atoms with E-state index in [2.05, 4.69) is 22.3 Å². The highest BCUT2D eigenvalue weighted by Gasteiger charge is 2.31. The van der Waals surface area contributed by atoms with Crippen LogP contribution in [0.15, 0.2) is 30.3 Å². The zero-order valence-corrected chi connectivity index (χ0v) is 18.6. The summed E-state index contributed by atoms with van der Waals surface area (Å²) in [5.74, 6) is 0.212. The van der Waals surface area contributed by atoms with Crippen molar-refractivity contribution in [3.63, 3.8) is 0 Å². The number of likely N-dealkylation sites (tertiary alicyclic amines) is 1. The standard InChI is InChI=1S/C22H27N5O2S/c1-14-9-8-12-26(13-14)20(29)16-17-18(27(25-16)22(2,3)4)23-21(30-17)24-19(28)15-10-6-5-7-11-15/h5-7,10-11,14H,8-9,12-13H2,1-4H3,(H,23,24,28). The van der Waals surface area contributed by atoms with E-state index in [1.165, 1.54) is 11.3 Å². The summed E-state index contributed by atoms with van der Waals surface area (Å²) in [5.41, 5.74) is 1.27. The van der Waals surface area contributed by atoms with Crippen LogP contribution >= 0.6 is 11.3 Å². The predicted octanol–water partition coefficient (Wildman–Crippen LogP) is 4.37. The first-order valence-corrected chi connectivity index (χ1v) is 11.1. The molecule has 1 aromatic carbocycles. The molecule has 2 amide bonds. The third kappa shape index (κ3) is 3.96. The summed E-state index contributed by atoms with van der Waals surface area (Å²) in [4.78, 5) is 32.4. The molecule has 2 aromatic heterocycles. The van der Waals surface area contributed by atoms with Crippen molar-refractivity contribution in [1.82, 2.24) is 19.7 Å². The molecule has 0 aliphatic carbocycles. The molecule has 4 rings (SSSR count). The van der Waals surface area contributed by atoms with E-state index in [0.29, 0.717) is 28.0 Å². The normalized spacial score (nSPS) is 17.3. The molecule has 1 atom stereocenters. The summed E-state index contributed by atoms with van der Waals surface area (Å²) in [5, 5.41) is 8.00. The molecule has 1 aliphatic heterocycles. The Morgan fingerprint density at radius 3 is 2.60 bits per heavy atom. The molecule has 1 fully saturated rings. The van der Waals surface area contributed by atoms with Crippen molar-refractivity contribution in [2.75, 3.05) is 18.4 Å². The Kier molecular flexibility index (Phi) is 5.36. The Bertz CT molecular complexity index is 1080. The summed E-state index contributed by atoms with van der Waals surface area (Å²) < 4.78 is 2.51. The Labute approximate surface area is 180 Å². The molecule has 0 saturated carbocycles. The number of carbonyl (C=O) groups is 2. The van der Waals surface area contributed by atoms with E-state index in [-0.39, 0.29) is 17.4 Å². The highest BCUT2D eigenvalue weighted by atomic mass is 32.1. The molecule has 8 heteroatoms. The van der Waals surface area contributed by atoms with E-state index in [1.807, 2.05) is 43.9 Å². The Morgan fingerprint density at radius 1 is 1.20 bits per heavy atom. The maximum atomic E-state index is 13.3. The van der Waals surface area contributed by atoms with Crippen molar-refractivity contribution in [2.24, 2.45) is 5.92 Å². The fourth-order valence-corrected chi connectivity index (χ4v) is 4.66. The van der Waals surface area contributed by atoms with Crippen LogP contribution in [-0.2, 0) is 5.54 Å². The molecular weight excluding hydrogens is 398 g/mol. The molecule has 3 aromatic rings. The van der Waals surface area contributed by atoms with Gasteiger partial charge in [0.1, 0.15) is 4.70 Å². The van der Waals surface area contributed by atoms with Gasteiger partial charge in [-0.15, -0.1) is 0 Å². The van der Waals surface area contributed by atoms with Crippen LogP contribution in [0.25, 0.3) is 10.3 Å². The van der Waals surface area contributed by atoms with Crippen LogP contribution in [0.2, 0.25) is 0 Å². The summed E-state index contributed by atoms with van der Waals surface area (Å²) in [6.45, 7) is 9.75. The summed E-state index contributed by atoms with van der Waals surface area (Å²) >= 11 is 1.30. The minimum Gasteiger partial charge on any atom is -0.337 e. The molecule has 0 radical (unpaired) electrons. The predicted molar refractivity (Wildman–Crippen MR) is 119 cm³/mol. The lowest BCUT2D eigenvalue weighted by atomic mass is 10.00. The highest BCUT2D eigenvalue weighted by Crippen LogP contribution is 2.33. The lowest BCUT2D eigenvalue weighted by Crippen LogP contribution is -2.39. The van der Waals surface area contributed by atoms with Crippen LogP contribution in [0, 0.1) is 5.92 Å². The number of benzene rings is 1. The number of rotatable bonds is 3. The van der Waals surface area contributed by atoms with Gasteiger partial charge < -0.3 is 4.90 Å². The van der Waals surface area contributed by atoms with Gasteiger partial charge in [-0.1, -0.05) is 36.5 Å². The minimum atomic E-state index is -0.346. The molecule has 7 nitrogen and oxygen atoms in total. The van der Waals surface area contributed by atoms with Gasteiger partial charge >= 0.3 is 0 Å². The van der Waals surface area contributed by atoms with Gasteiger partial charge in [-0.25, -0.2) is 4.68 Å². The fraction of sp³-hybridized carbons (Fsp3) is 0.455.